The second kappa shape index (κ2) is 5.48. The highest BCUT2D eigenvalue weighted by Crippen LogP contribution is 2.40. The Labute approximate surface area is 115 Å². The van der Waals surface area contributed by atoms with Gasteiger partial charge in [0, 0.05) is 5.92 Å². The molecule has 98 valence electrons. The fourth-order valence-electron chi connectivity index (χ4n) is 3.02. The van der Waals surface area contributed by atoms with Gasteiger partial charge in [0.25, 0.3) is 0 Å². The Morgan fingerprint density at radius 1 is 1.00 bits per heavy atom. The Hall–Kier alpha value is -1.76. The predicted octanol–water partition coefficient (Wildman–Crippen LogP) is 4.78. The van der Waals surface area contributed by atoms with Gasteiger partial charge >= 0.3 is 0 Å². The molecule has 0 aliphatic carbocycles. The smallest absolute Gasteiger partial charge is 0.127 e. The number of hydrogen-bond donors (Lipinski definition) is 0. The largest absolute Gasteiger partial charge is 0.485 e. The molecular weight excluding hydrogens is 232 g/mol. The number of fused-ring (bicyclic) bond motifs is 1. The quantitative estimate of drug-likeness (QED) is 0.764. The van der Waals surface area contributed by atoms with Crippen molar-refractivity contribution in [1.82, 2.24) is 0 Å². The lowest BCUT2D eigenvalue weighted by atomic mass is 9.84. The van der Waals surface area contributed by atoms with Gasteiger partial charge in [-0.2, -0.15) is 0 Å². The van der Waals surface area contributed by atoms with E-state index < -0.39 is 0 Å². The van der Waals surface area contributed by atoms with Crippen molar-refractivity contribution in [3.8, 4) is 5.75 Å². The van der Waals surface area contributed by atoms with E-state index in [2.05, 4.69) is 61.5 Å². The van der Waals surface area contributed by atoms with Gasteiger partial charge in [0.1, 0.15) is 11.9 Å². The third-order valence-corrected chi connectivity index (χ3v) is 3.92. The Kier molecular flexibility index (Phi) is 3.54. The highest BCUT2D eigenvalue weighted by molar-refractivity contribution is 5.37. The maximum atomic E-state index is 6.28. The summed E-state index contributed by atoms with van der Waals surface area (Å²) in [6, 6.07) is 19.1. The van der Waals surface area contributed by atoms with Crippen molar-refractivity contribution in [2.24, 2.45) is 5.92 Å². The number of para-hydroxylation sites is 1. The number of hydrogen-bond acceptors (Lipinski definition) is 1. The van der Waals surface area contributed by atoms with Crippen molar-refractivity contribution in [3.63, 3.8) is 0 Å². The molecule has 0 amide bonds. The summed E-state index contributed by atoms with van der Waals surface area (Å²) in [7, 11) is 0. The van der Waals surface area contributed by atoms with E-state index in [0.29, 0.717) is 5.92 Å². The third kappa shape index (κ3) is 2.51. The van der Waals surface area contributed by atoms with Crippen LogP contribution in [0.1, 0.15) is 37.0 Å². The number of benzene rings is 2. The van der Waals surface area contributed by atoms with Crippen LogP contribution < -0.4 is 4.74 Å². The van der Waals surface area contributed by atoms with Crippen LogP contribution in [-0.4, -0.2) is 0 Å². The van der Waals surface area contributed by atoms with Crippen molar-refractivity contribution in [3.05, 3.63) is 65.7 Å². The lowest BCUT2D eigenvalue weighted by molar-refractivity contribution is 0.107. The molecule has 0 unspecified atom stereocenters. The molecule has 0 aromatic heterocycles. The van der Waals surface area contributed by atoms with E-state index in [9.17, 15) is 0 Å². The summed E-state index contributed by atoms with van der Waals surface area (Å²) in [5.74, 6) is 1.64. The van der Waals surface area contributed by atoms with Gasteiger partial charge in [-0.05, 0) is 30.0 Å². The highest BCUT2D eigenvalue weighted by atomic mass is 16.5. The molecule has 1 aliphatic heterocycles. The van der Waals surface area contributed by atoms with Crippen molar-refractivity contribution >= 4 is 0 Å². The van der Waals surface area contributed by atoms with Gasteiger partial charge in [-0.1, -0.05) is 61.9 Å². The van der Waals surface area contributed by atoms with E-state index >= 15 is 0 Å². The van der Waals surface area contributed by atoms with Crippen LogP contribution in [0.15, 0.2) is 54.6 Å². The van der Waals surface area contributed by atoms with Gasteiger partial charge in [0.15, 0.2) is 0 Å². The Morgan fingerprint density at radius 2 is 1.74 bits per heavy atom. The minimum absolute atomic E-state index is 0.205. The third-order valence-electron chi connectivity index (χ3n) is 3.92. The van der Waals surface area contributed by atoms with Crippen LogP contribution in [0.3, 0.4) is 0 Å². The standard InChI is InChI=1S/C18H20O/c1-2-8-16-13-15-11-6-7-12-17(15)19-18(16)14-9-4-3-5-10-14/h3-7,9-12,16,18H,2,8,13H2,1H3/t16-,18-/m1/s1. The van der Waals surface area contributed by atoms with Crippen molar-refractivity contribution in [2.75, 3.05) is 0 Å². The van der Waals surface area contributed by atoms with Crippen molar-refractivity contribution < 1.29 is 4.74 Å². The predicted molar refractivity (Wildman–Crippen MR) is 78.4 cm³/mol. The maximum absolute atomic E-state index is 6.28. The first-order valence-electron chi connectivity index (χ1n) is 7.18. The minimum atomic E-state index is 0.205. The number of rotatable bonds is 3. The summed E-state index contributed by atoms with van der Waals surface area (Å²) in [4.78, 5) is 0. The Balaban J connectivity index is 1.94. The topological polar surface area (TPSA) is 9.23 Å². The zero-order valence-corrected chi connectivity index (χ0v) is 11.4. The average Bonchev–Trinajstić information content (AvgIpc) is 2.48. The molecule has 3 rings (SSSR count). The summed E-state index contributed by atoms with van der Waals surface area (Å²) in [6.45, 7) is 2.25. The summed E-state index contributed by atoms with van der Waals surface area (Å²) < 4.78 is 6.28. The lowest BCUT2D eigenvalue weighted by Crippen LogP contribution is -2.25. The van der Waals surface area contributed by atoms with Crippen molar-refractivity contribution in [1.29, 1.82) is 0 Å². The summed E-state index contributed by atoms with van der Waals surface area (Å²) in [5.41, 5.74) is 2.66. The van der Waals surface area contributed by atoms with Gasteiger partial charge in [0.05, 0.1) is 0 Å². The van der Waals surface area contributed by atoms with Crippen LogP contribution in [0.25, 0.3) is 0 Å². The molecule has 0 spiro atoms. The van der Waals surface area contributed by atoms with Crippen molar-refractivity contribution in [2.45, 2.75) is 32.3 Å². The first kappa shape index (κ1) is 12.3. The van der Waals surface area contributed by atoms with E-state index in [4.69, 9.17) is 4.74 Å². The van der Waals surface area contributed by atoms with Gasteiger partial charge in [-0.3, -0.25) is 0 Å². The Morgan fingerprint density at radius 3 is 2.53 bits per heavy atom. The van der Waals surface area contributed by atoms with Crippen LogP contribution in [0.2, 0.25) is 0 Å². The molecule has 0 saturated carbocycles. The molecule has 0 bridgehead atoms. The van der Waals surface area contributed by atoms with Crippen LogP contribution >= 0.6 is 0 Å². The van der Waals surface area contributed by atoms with Gasteiger partial charge < -0.3 is 4.74 Å². The average molecular weight is 252 g/mol. The molecular formula is C18H20O. The first-order valence-corrected chi connectivity index (χ1v) is 7.18. The summed E-state index contributed by atoms with van der Waals surface area (Å²) in [5, 5.41) is 0. The molecule has 1 heteroatoms. The van der Waals surface area contributed by atoms with Crippen LogP contribution in [0.5, 0.6) is 5.75 Å². The molecule has 2 aromatic rings. The van der Waals surface area contributed by atoms with Crippen LogP contribution in [0.4, 0.5) is 0 Å². The molecule has 1 nitrogen and oxygen atoms in total. The monoisotopic (exact) mass is 252 g/mol. The fourth-order valence-corrected chi connectivity index (χ4v) is 3.02. The molecule has 0 radical (unpaired) electrons. The summed E-state index contributed by atoms with van der Waals surface area (Å²) in [6.07, 6.45) is 3.76. The van der Waals surface area contributed by atoms with E-state index in [1.807, 2.05) is 0 Å². The number of ether oxygens (including phenoxy) is 1. The molecule has 19 heavy (non-hydrogen) atoms. The normalized spacial score (nSPS) is 21.5. The van der Waals surface area contributed by atoms with E-state index in [0.717, 1.165) is 12.2 Å². The van der Waals surface area contributed by atoms with E-state index in [-0.39, 0.29) is 6.10 Å². The van der Waals surface area contributed by atoms with Gasteiger partial charge in [-0.25, -0.2) is 0 Å². The van der Waals surface area contributed by atoms with Crippen LogP contribution in [0, 0.1) is 5.92 Å². The molecule has 2 atom stereocenters. The highest BCUT2D eigenvalue weighted by Gasteiger charge is 2.30. The lowest BCUT2D eigenvalue weighted by Gasteiger charge is -2.34. The second-order valence-corrected chi connectivity index (χ2v) is 5.31. The van der Waals surface area contributed by atoms with Gasteiger partial charge in [0.2, 0.25) is 0 Å². The fraction of sp³-hybridized carbons (Fsp3) is 0.333. The molecule has 0 fully saturated rings. The van der Waals surface area contributed by atoms with Crippen LogP contribution in [-0.2, 0) is 6.42 Å². The first-order chi connectivity index (χ1) is 9.38. The zero-order chi connectivity index (χ0) is 13.1. The summed E-state index contributed by atoms with van der Waals surface area (Å²) >= 11 is 0. The van der Waals surface area contributed by atoms with E-state index in [1.54, 1.807) is 0 Å². The molecule has 2 aromatic carbocycles. The van der Waals surface area contributed by atoms with E-state index in [1.165, 1.54) is 24.0 Å². The molecule has 0 saturated heterocycles. The SMILES string of the molecule is CCC[C@@H]1Cc2ccccc2O[C@@H]1c1ccccc1. The molecule has 1 heterocycles. The molecule has 0 N–H and O–H groups in total. The zero-order valence-electron chi connectivity index (χ0n) is 11.4. The minimum Gasteiger partial charge on any atom is -0.485 e. The molecule has 1 aliphatic rings. The van der Waals surface area contributed by atoms with Gasteiger partial charge in [-0.15, -0.1) is 0 Å². The second-order valence-electron chi connectivity index (χ2n) is 5.31. The maximum Gasteiger partial charge on any atom is 0.127 e. The Bertz CT molecular complexity index is 532.